The summed E-state index contributed by atoms with van der Waals surface area (Å²) in [6.45, 7) is 4.65. The molecule has 2 N–H and O–H groups in total. The molecule has 2 rings (SSSR count). The molecule has 2 unspecified atom stereocenters. The van der Waals surface area contributed by atoms with Gasteiger partial charge in [-0.15, -0.1) is 10.2 Å². The number of aliphatic hydroxyl groups is 1. The lowest BCUT2D eigenvalue weighted by atomic mass is 10.2. The fourth-order valence-electron chi connectivity index (χ4n) is 2.05. The van der Waals surface area contributed by atoms with E-state index in [1.54, 1.807) is 6.33 Å². The molecule has 1 aromatic heterocycles. The van der Waals surface area contributed by atoms with Crippen LogP contribution in [0.1, 0.15) is 24.4 Å². The van der Waals surface area contributed by atoms with Crippen molar-refractivity contribution in [3.63, 3.8) is 0 Å². The van der Waals surface area contributed by atoms with Crippen LogP contribution < -0.4 is 10.1 Å². The summed E-state index contributed by atoms with van der Waals surface area (Å²) in [6, 6.07) is 7.78. The summed E-state index contributed by atoms with van der Waals surface area (Å²) in [5.41, 5.74) is 1.06. The van der Waals surface area contributed by atoms with E-state index < -0.39 is 6.10 Å². The molecule has 6 heteroatoms. The van der Waals surface area contributed by atoms with Crippen molar-refractivity contribution in [2.45, 2.75) is 26.0 Å². The molecule has 0 fully saturated rings. The molecule has 2 atom stereocenters. The summed E-state index contributed by atoms with van der Waals surface area (Å²) in [5, 5.41) is 21.1. The Morgan fingerprint density at radius 2 is 2.14 bits per heavy atom. The average Bonchev–Trinajstić information content (AvgIpc) is 2.90. The van der Waals surface area contributed by atoms with Gasteiger partial charge in [-0.2, -0.15) is 0 Å². The highest BCUT2D eigenvalue weighted by molar-refractivity contribution is 5.31. The van der Waals surface area contributed by atoms with E-state index in [0.717, 1.165) is 17.1 Å². The van der Waals surface area contributed by atoms with Crippen molar-refractivity contribution in [2.24, 2.45) is 7.05 Å². The molecule has 0 saturated heterocycles. The van der Waals surface area contributed by atoms with E-state index >= 15 is 0 Å². The van der Waals surface area contributed by atoms with Gasteiger partial charge in [0.25, 0.3) is 0 Å². The van der Waals surface area contributed by atoms with Crippen LogP contribution in [0.2, 0.25) is 0 Å². The highest BCUT2D eigenvalue weighted by atomic mass is 16.5. The van der Waals surface area contributed by atoms with Gasteiger partial charge in [0, 0.05) is 13.6 Å². The Morgan fingerprint density at radius 3 is 2.81 bits per heavy atom. The lowest BCUT2D eigenvalue weighted by Gasteiger charge is -2.17. The summed E-state index contributed by atoms with van der Waals surface area (Å²) < 4.78 is 7.48. The molecule has 21 heavy (non-hydrogen) atoms. The van der Waals surface area contributed by atoms with Gasteiger partial charge < -0.3 is 19.7 Å². The van der Waals surface area contributed by atoms with Crippen LogP contribution in [0.3, 0.4) is 0 Å². The lowest BCUT2D eigenvalue weighted by Crippen LogP contribution is -2.33. The Balaban J connectivity index is 1.76. The van der Waals surface area contributed by atoms with Crippen molar-refractivity contribution in [2.75, 3.05) is 13.2 Å². The second-order valence-corrected chi connectivity index (χ2v) is 5.16. The molecule has 6 nitrogen and oxygen atoms in total. The van der Waals surface area contributed by atoms with Gasteiger partial charge in [-0.25, -0.2) is 0 Å². The van der Waals surface area contributed by atoms with Crippen LogP contribution in [0, 0.1) is 6.92 Å². The quantitative estimate of drug-likeness (QED) is 0.802. The number of para-hydroxylation sites is 1. The van der Waals surface area contributed by atoms with E-state index in [0.29, 0.717) is 6.54 Å². The minimum absolute atomic E-state index is 0.0191. The van der Waals surface area contributed by atoms with Crippen LogP contribution in [0.5, 0.6) is 5.75 Å². The van der Waals surface area contributed by atoms with Gasteiger partial charge in [-0.3, -0.25) is 0 Å². The van der Waals surface area contributed by atoms with Gasteiger partial charge >= 0.3 is 0 Å². The van der Waals surface area contributed by atoms with Crippen molar-refractivity contribution >= 4 is 0 Å². The lowest BCUT2D eigenvalue weighted by molar-refractivity contribution is 0.103. The minimum Gasteiger partial charge on any atom is -0.491 e. The number of nitrogens with zero attached hydrogens (tertiary/aromatic N) is 3. The Hall–Kier alpha value is -1.92. The largest absolute Gasteiger partial charge is 0.491 e. The summed E-state index contributed by atoms with van der Waals surface area (Å²) in [6.07, 6.45) is 1.07. The molecule has 1 heterocycles. The molecule has 114 valence electrons. The van der Waals surface area contributed by atoms with Crippen molar-refractivity contribution in [3.05, 3.63) is 42.0 Å². The minimum atomic E-state index is -0.583. The van der Waals surface area contributed by atoms with Crippen molar-refractivity contribution in [1.82, 2.24) is 20.1 Å². The molecule has 0 amide bonds. The molecule has 2 aromatic rings. The normalized spacial score (nSPS) is 13.9. The predicted molar refractivity (Wildman–Crippen MR) is 80.1 cm³/mol. The zero-order chi connectivity index (χ0) is 15.2. The van der Waals surface area contributed by atoms with E-state index in [4.69, 9.17) is 4.74 Å². The Labute approximate surface area is 124 Å². The van der Waals surface area contributed by atoms with Crippen LogP contribution in [-0.2, 0) is 7.05 Å². The molecule has 0 spiro atoms. The van der Waals surface area contributed by atoms with Crippen LogP contribution in [0.15, 0.2) is 30.6 Å². The molecule has 0 aliphatic heterocycles. The summed E-state index contributed by atoms with van der Waals surface area (Å²) in [7, 11) is 1.89. The molecule has 0 aliphatic rings. The maximum Gasteiger partial charge on any atom is 0.149 e. The fourth-order valence-corrected chi connectivity index (χ4v) is 2.05. The van der Waals surface area contributed by atoms with E-state index in [2.05, 4.69) is 15.5 Å². The number of aromatic nitrogens is 3. The van der Waals surface area contributed by atoms with Gasteiger partial charge in [0.1, 0.15) is 30.6 Å². The number of benzene rings is 1. The van der Waals surface area contributed by atoms with E-state index in [1.165, 1.54) is 0 Å². The number of hydrogen-bond donors (Lipinski definition) is 2. The summed E-state index contributed by atoms with van der Waals surface area (Å²) >= 11 is 0. The highest BCUT2D eigenvalue weighted by Crippen LogP contribution is 2.16. The van der Waals surface area contributed by atoms with E-state index in [9.17, 15) is 5.11 Å². The van der Waals surface area contributed by atoms with Gasteiger partial charge in [-0.1, -0.05) is 18.2 Å². The average molecular weight is 290 g/mol. The molecule has 0 bridgehead atoms. The van der Waals surface area contributed by atoms with E-state index in [1.807, 2.05) is 49.7 Å². The topological polar surface area (TPSA) is 72.2 Å². The van der Waals surface area contributed by atoms with Gasteiger partial charge in [0.15, 0.2) is 0 Å². The number of ether oxygens (including phenoxy) is 1. The number of rotatable bonds is 7. The molecular weight excluding hydrogens is 268 g/mol. The van der Waals surface area contributed by atoms with Crippen molar-refractivity contribution in [1.29, 1.82) is 0 Å². The predicted octanol–water partition coefficient (Wildman–Crippen LogP) is 1.21. The van der Waals surface area contributed by atoms with Gasteiger partial charge in [-0.05, 0) is 25.5 Å². The molecule has 1 aromatic carbocycles. The van der Waals surface area contributed by atoms with Crippen LogP contribution >= 0.6 is 0 Å². The Bertz CT molecular complexity index is 570. The Morgan fingerprint density at radius 1 is 1.38 bits per heavy atom. The molecule has 0 aliphatic carbocycles. The molecule has 0 saturated carbocycles. The third-order valence-electron chi connectivity index (χ3n) is 3.32. The van der Waals surface area contributed by atoms with E-state index in [-0.39, 0.29) is 12.6 Å². The highest BCUT2D eigenvalue weighted by Gasteiger charge is 2.13. The van der Waals surface area contributed by atoms with Crippen molar-refractivity contribution < 1.29 is 9.84 Å². The number of nitrogens with one attached hydrogen (secondary N) is 1. The van der Waals surface area contributed by atoms with Crippen molar-refractivity contribution in [3.8, 4) is 5.75 Å². The first-order valence-corrected chi connectivity index (χ1v) is 7.01. The smallest absolute Gasteiger partial charge is 0.149 e. The van der Waals surface area contributed by atoms with Gasteiger partial charge in [0.05, 0.1) is 6.04 Å². The van der Waals surface area contributed by atoms with Gasteiger partial charge in [0.2, 0.25) is 0 Å². The monoisotopic (exact) mass is 290 g/mol. The molecule has 0 radical (unpaired) electrons. The van der Waals surface area contributed by atoms with Crippen LogP contribution in [0.4, 0.5) is 0 Å². The maximum absolute atomic E-state index is 9.99. The number of aliphatic hydroxyl groups excluding tert-OH is 1. The second-order valence-electron chi connectivity index (χ2n) is 5.16. The Kier molecular flexibility index (Phi) is 5.30. The first-order valence-electron chi connectivity index (χ1n) is 7.01. The first-order chi connectivity index (χ1) is 10.1. The first kappa shape index (κ1) is 15.5. The standard InChI is InChI=1S/C15H22N4O2/c1-11-6-4-5-7-14(11)21-9-13(20)8-16-12(2)15-18-17-10-19(15)3/h4-7,10,12-13,16,20H,8-9H2,1-3H3. The third kappa shape index (κ3) is 4.27. The zero-order valence-electron chi connectivity index (χ0n) is 12.7. The van der Waals surface area contributed by atoms with Crippen LogP contribution in [-0.4, -0.2) is 39.1 Å². The van der Waals surface area contributed by atoms with Crippen LogP contribution in [0.25, 0.3) is 0 Å². The molecular formula is C15H22N4O2. The summed E-state index contributed by atoms with van der Waals surface area (Å²) in [4.78, 5) is 0. The second kappa shape index (κ2) is 7.19. The SMILES string of the molecule is Cc1ccccc1OCC(O)CNC(C)c1nncn1C. The summed E-state index contributed by atoms with van der Waals surface area (Å²) in [5.74, 6) is 1.64. The fraction of sp³-hybridized carbons (Fsp3) is 0.467. The third-order valence-corrected chi connectivity index (χ3v) is 3.32. The zero-order valence-corrected chi connectivity index (χ0v) is 12.7. The number of hydrogen-bond acceptors (Lipinski definition) is 5. The number of aryl methyl sites for hydroxylation is 2. The maximum atomic E-state index is 9.99.